The quantitative estimate of drug-likeness (QED) is 0.818. The van der Waals surface area contributed by atoms with Crippen molar-refractivity contribution in [1.82, 2.24) is 5.32 Å². The molecule has 0 saturated heterocycles. The zero-order chi connectivity index (χ0) is 13.5. The SMILES string of the molecule is CCOC(=O)CNCc1cccc2c1OCCCO2. The standard InChI is InChI=1S/C14H19NO4/c1-2-17-13(16)10-15-9-11-5-3-6-12-14(11)19-8-4-7-18-12/h3,5-6,15H,2,4,7-10H2,1H3. The first-order valence-corrected chi connectivity index (χ1v) is 6.55. The molecule has 104 valence electrons. The average molecular weight is 265 g/mol. The van der Waals surface area contributed by atoms with Crippen LogP contribution in [0.1, 0.15) is 18.9 Å². The fraction of sp³-hybridized carbons (Fsp3) is 0.500. The van der Waals surface area contributed by atoms with Gasteiger partial charge in [-0.25, -0.2) is 0 Å². The van der Waals surface area contributed by atoms with E-state index in [0.29, 0.717) is 26.4 Å². The highest BCUT2D eigenvalue weighted by Gasteiger charge is 2.14. The monoisotopic (exact) mass is 265 g/mol. The Labute approximate surface area is 112 Å². The first kappa shape index (κ1) is 13.7. The van der Waals surface area contributed by atoms with Crippen LogP contribution in [-0.2, 0) is 16.1 Å². The molecule has 2 rings (SSSR count). The van der Waals surface area contributed by atoms with Crippen molar-refractivity contribution in [3.8, 4) is 11.5 Å². The summed E-state index contributed by atoms with van der Waals surface area (Å²) in [5, 5.41) is 3.05. The summed E-state index contributed by atoms with van der Waals surface area (Å²) in [5.74, 6) is 1.30. The molecule has 0 saturated carbocycles. The molecule has 0 aromatic heterocycles. The van der Waals surface area contributed by atoms with Crippen LogP contribution >= 0.6 is 0 Å². The molecule has 0 atom stereocenters. The first-order valence-electron chi connectivity index (χ1n) is 6.55. The van der Waals surface area contributed by atoms with E-state index < -0.39 is 0 Å². The smallest absolute Gasteiger partial charge is 0.319 e. The Bertz CT molecular complexity index is 433. The van der Waals surface area contributed by atoms with E-state index in [2.05, 4.69) is 5.32 Å². The molecule has 1 aliphatic rings. The van der Waals surface area contributed by atoms with Gasteiger partial charge in [0.25, 0.3) is 0 Å². The Hall–Kier alpha value is -1.75. The molecule has 0 fully saturated rings. The lowest BCUT2D eigenvalue weighted by atomic mass is 10.2. The van der Waals surface area contributed by atoms with Gasteiger partial charge in [-0.15, -0.1) is 0 Å². The van der Waals surface area contributed by atoms with Crippen LogP contribution in [0.2, 0.25) is 0 Å². The van der Waals surface area contributed by atoms with Gasteiger partial charge in [0.15, 0.2) is 11.5 Å². The molecule has 0 unspecified atom stereocenters. The number of carbonyl (C=O) groups excluding carboxylic acids is 1. The zero-order valence-electron chi connectivity index (χ0n) is 11.1. The largest absolute Gasteiger partial charge is 0.490 e. The van der Waals surface area contributed by atoms with Gasteiger partial charge in [-0.2, -0.15) is 0 Å². The zero-order valence-corrected chi connectivity index (χ0v) is 11.1. The van der Waals surface area contributed by atoms with E-state index in [1.54, 1.807) is 6.92 Å². The Kier molecular flexibility index (Phi) is 5.03. The lowest BCUT2D eigenvalue weighted by Crippen LogP contribution is -2.24. The molecule has 1 N–H and O–H groups in total. The van der Waals surface area contributed by atoms with Gasteiger partial charge in [-0.3, -0.25) is 4.79 Å². The number of benzene rings is 1. The Morgan fingerprint density at radius 2 is 2.21 bits per heavy atom. The van der Waals surface area contributed by atoms with Crippen molar-refractivity contribution in [2.24, 2.45) is 0 Å². The molecule has 0 aliphatic carbocycles. The number of hydrogen-bond acceptors (Lipinski definition) is 5. The molecule has 1 heterocycles. The Morgan fingerprint density at radius 1 is 1.37 bits per heavy atom. The average Bonchev–Trinajstić information content (AvgIpc) is 2.65. The third-order valence-corrected chi connectivity index (χ3v) is 2.74. The summed E-state index contributed by atoms with van der Waals surface area (Å²) in [6, 6.07) is 5.79. The second-order valence-electron chi connectivity index (χ2n) is 4.20. The van der Waals surface area contributed by atoms with Gasteiger partial charge in [0, 0.05) is 18.5 Å². The fourth-order valence-corrected chi connectivity index (χ4v) is 1.90. The summed E-state index contributed by atoms with van der Waals surface area (Å²) in [5.41, 5.74) is 0.990. The van der Waals surface area contributed by atoms with E-state index in [1.165, 1.54) is 0 Å². The number of esters is 1. The van der Waals surface area contributed by atoms with E-state index in [-0.39, 0.29) is 12.5 Å². The molecule has 19 heavy (non-hydrogen) atoms. The van der Waals surface area contributed by atoms with E-state index in [0.717, 1.165) is 23.5 Å². The lowest BCUT2D eigenvalue weighted by molar-refractivity contribution is -0.142. The summed E-state index contributed by atoms with van der Waals surface area (Å²) in [6.45, 7) is 4.26. The van der Waals surface area contributed by atoms with Gasteiger partial charge in [0.2, 0.25) is 0 Å². The topological polar surface area (TPSA) is 56.8 Å². The highest BCUT2D eigenvalue weighted by Crippen LogP contribution is 2.32. The van der Waals surface area contributed by atoms with Gasteiger partial charge < -0.3 is 19.5 Å². The fourth-order valence-electron chi connectivity index (χ4n) is 1.90. The third kappa shape index (κ3) is 3.86. The molecule has 0 bridgehead atoms. The molecular weight excluding hydrogens is 246 g/mol. The summed E-state index contributed by atoms with van der Waals surface area (Å²) in [6.07, 6.45) is 0.879. The van der Waals surface area contributed by atoms with Crippen LogP contribution < -0.4 is 14.8 Å². The molecule has 5 nitrogen and oxygen atoms in total. The maximum absolute atomic E-state index is 11.2. The molecule has 5 heteroatoms. The van der Waals surface area contributed by atoms with Crippen molar-refractivity contribution in [2.45, 2.75) is 19.9 Å². The maximum atomic E-state index is 11.2. The molecule has 1 aromatic carbocycles. The lowest BCUT2D eigenvalue weighted by Gasteiger charge is -2.12. The molecule has 1 aromatic rings. The molecule has 0 spiro atoms. The Morgan fingerprint density at radius 3 is 3.05 bits per heavy atom. The van der Waals surface area contributed by atoms with Crippen LogP contribution in [-0.4, -0.2) is 32.3 Å². The van der Waals surface area contributed by atoms with Crippen molar-refractivity contribution in [2.75, 3.05) is 26.4 Å². The van der Waals surface area contributed by atoms with Gasteiger partial charge in [-0.1, -0.05) is 12.1 Å². The highest BCUT2D eigenvalue weighted by atomic mass is 16.5. The van der Waals surface area contributed by atoms with E-state index >= 15 is 0 Å². The molecule has 1 aliphatic heterocycles. The van der Waals surface area contributed by atoms with Crippen molar-refractivity contribution >= 4 is 5.97 Å². The van der Waals surface area contributed by atoms with Crippen LogP contribution in [0, 0.1) is 0 Å². The van der Waals surface area contributed by atoms with Gasteiger partial charge >= 0.3 is 5.97 Å². The Balaban J connectivity index is 1.95. The van der Waals surface area contributed by atoms with Crippen molar-refractivity contribution in [3.05, 3.63) is 23.8 Å². The highest BCUT2D eigenvalue weighted by molar-refractivity contribution is 5.71. The second kappa shape index (κ2) is 6.99. The van der Waals surface area contributed by atoms with E-state index in [1.807, 2.05) is 18.2 Å². The number of para-hydroxylation sites is 1. The third-order valence-electron chi connectivity index (χ3n) is 2.74. The molecule has 0 amide bonds. The number of hydrogen-bond donors (Lipinski definition) is 1. The summed E-state index contributed by atoms with van der Waals surface area (Å²) in [4.78, 5) is 11.2. The minimum Gasteiger partial charge on any atom is -0.490 e. The van der Waals surface area contributed by atoms with Gasteiger partial charge in [-0.05, 0) is 13.0 Å². The second-order valence-corrected chi connectivity index (χ2v) is 4.20. The maximum Gasteiger partial charge on any atom is 0.319 e. The number of carbonyl (C=O) groups is 1. The van der Waals surface area contributed by atoms with Gasteiger partial charge in [0.05, 0.1) is 26.4 Å². The predicted octanol–water partition coefficient (Wildman–Crippen LogP) is 1.50. The minimum atomic E-state index is -0.248. The van der Waals surface area contributed by atoms with E-state index in [4.69, 9.17) is 14.2 Å². The van der Waals surface area contributed by atoms with Crippen LogP contribution in [0.15, 0.2) is 18.2 Å². The first-order chi connectivity index (χ1) is 9.31. The predicted molar refractivity (Wildman–Crippen MR) is 70.4 cm³/mol. The molecular formula is C14H19NO4. The number of ether oxygens (including phenoxy) is 3. The van der Waals surface area contributed by atoms with Crippen molar-refractivity contribution in [3.63, 3.8) is 0 Å². The van der Waals surface area contributed by atoms with Gasteiger partial charge in [0.1, 0.15) is 0 Å². The number of fused-ring (bicyclic) bond motifs is 1. The van der Waals surface area contributed by atoms with Crippen LogP contribution in [0.25, 0.3) is 0 Å². The van der Waals surface area contributed by atoms with Crippen LogP contribution in [0.5, 0.6) is 11.5 Å². The number of nitrogens with one attached hydrogen (secondary N) is 1. The van der Waals surface area contributed by atoms with Crippen molar-refractivity contribution in [1.29, 1.82) is 0 Å². The minimum absolute atomic E-state index is 0.193. The molecule has 0 radical (unpaired) electrons. The summed E-state index contributed by atoms with van der Waals surface area (Å²) < 4.78 is 16.2. The van der Waals surface area contributed by atoms with Crippen LogP contribution in [0.4, 0.5) is 0 Å². The van der Waals surface area contributed by atoms with E-state index in [9.17, 15) is 4.79 Å². The summed E-state index contributed by atoms with van der Waals surface area (Å²) in [7, 11) is 0. The van der Waals surface area contributed by atoms with Crippen molar-refractivity contribution < 1.29 is 19.0 Å². The van der Waals surface area contributed by atoms with Crippen LogP contribution in [0.3, 0.4) is 0 Å². The normalized spacial score (nSPS) is 13.7. The number of rotatable bonds is 5. The summed E-state index contributed by atoms with van der Waals surface area (Å²) >= 11 is 0.